The minimum atomic E-state index is 0.0531. The summed E-state index contributed by atoms with van der Waals surface area (Å²) < 4.78 is 10.3. The van der Waals surface area contributed by atoms with Crippen molar-refractivity contribution in [2.24, 2.45) is 5.73 Å². The zero-order chi connectivity index (χ0) is 12.8. The quantitative estimate of drug-likeness (QED) is 0.500. The molecule has 0 saturated carbocycles. The predicted molar refractivity (Wildman–Crippen MR) is 69.9 cm³/mol. The monoisotopic (exact) mass is 248 g/mol. The first-order valence-corrected chi connectivity index (χ1v) is 5.16. The van der Waals surface area contributed by atoms with Gasteiger partial charge in [0.25, 0.3) is 0 Å². The molecule has 5 heteroatoms. The van der Waals surface area contributed by atoms with Crippen LogP contribution in [-0.2, 0) is 0 Å². The Bertz CT molecular complexity index is 504. The summed E-state index contributed by atoms with van der Waals surface area (Å²) in [5, 5.41) is 8.89. The summed E-state index contributed by atoms with van der Waals surface area (Å²) in [5.41, 5.74) is 6.34. The van der Waals surface area contributed by atoms with E-state index in [2.05, 4.69) is 0 Å². The number of thiocarbonyl (C=S) groups is 1. The molecular formula is C12H12N2O2S. The van der Waals surface area contributed by atoms with E-state index < -0.39 is 0 Å². The van der Waals surface area contributed by atoms with Crippen LogP contribution in [0.15, 0.2) is 23.8 Å². The van der Waals surface area contributed by atoms with Crippen LogP contribution >= 0.6 is 12.2 Å². The molecular weight excluding hydrogens is 236 g/mol. The molecule has 0 aromatic heterocycles. The Labute approximate surface area is 105 Å². The summed E-state index contributed by atoms with van der Waals surface area (Å²) in [5.74, 6) is 1.28. The van der Waals surface area contributed by atoms with Crippen molar-refractivity contribution in [3.05, 3.63) is 29.3 Å². The van der Waals surface area contributed by atoms with E-state index in [0.29, 0.717) is 17.1 Å². The van der Waals surface area contributed by atoms with Crippen molar-refractivity contribution in [3.63, 3.8) is 0 Å². The van der Waals surface area contributed by atoms with E-state index in [-0.39, 0.29) is 10.6 Å². The van der Waals surface area contributed by atoms with Gasteiger partial charge in [-0.1, -0.05) is 12.2 Å². The summed E-state index contributed by atoms with van der Waals surface area (Å²) in [6.07, 6.45) is 1.57. The zero-order valence-corrected chi connectivity index (χ0v) is 10.4. The van der Waals surface area contributed by atoms with Gasteiger partial charge in [-0.15, -0.1) is 0 Å². The van der Waals surface area contributed by atoms with Crippen LogP contribution in [-0.4, -0.2) is 19.2 Å². The van der Waals surface area contributed by atoms with E-state index in [1.165, 1.54) is 0 Å². The number of nitriles is 1. The molecule has 0 aliphatic carbocycles. The number of nitrogens with two attached hydrogens (primary N) is 1. The number of hydrogen-bond acceptors (Lipinski definition) is 4. The molecule has 0 unspecified atom stereocenters. The first kappa shape index (κ1) is 13.0. The molecule has 1 aromatic carbocycles. The fourth-order valence-electron chi connectivity index (χ4n) is 1.27. The second kappa shape index (κ2) is 5.87. The van der Waals surface area contributed by atoms with Crippen LogP contribution in [0, 0.1) is 11.3 Å². The number of hydrogen-bond donors (Lipinski definition) is 1. The highest BCUT2D eigenvalue weighted by atomic mass is 32.1. The SMILES string of the molecule is COc1ccc(OC)c(/C=C(/C#N)C(N)=S)c1. The maximum atomic E-state index is 8.89. The standard InChI is InChI=1S/C12H12N2O2S/c1-15-10-3-4-11(16-2)8(6-10)5-9(7-13)12(14)17/h3-6H,1-2H3,(H2,14,17)/b9-5-. The van der Waals surface area contributed by atoms with Crippen LogP contribution in [0.1, 0.15) is 5.56 Å². The van der Waals surface area contributed by atoms with E-state index in [1.807, 2.05) is 6.07 Å². The second-order valence-corrected chi connectivity index (χ2v) is 3.58. The first-order chi connectivity index (χ1) is 8.12. The molecule has 4 nitrogen and oxygen atoms in total. The normalized spacial score (nSPS) is 10.5. The molecule has 0 aliphatic rings. The highest BCUT2D eigenvalue weighted by Gasteiger charge is 2.06. The van der Waals surface area contributed by atoms with Gasteiger partial charge >= 0.3 is 0 Å². The first-order valence-electron chi connectivity index (χ1n) is 4.76. The van der Waals surface area contributed by atoms with E-state index >= 15 is 0 Å². The lowest BCUT2D eigenvalue weighted by molar-refractivity contribution is 0.402. The third-order valence-corrected chi connectivity index (χ3v) is 2.34. The highest BCUT2D eigenvalue weighted by molar-refractivity contribution is 7.80. The van der Waals surface area contributed by atoms with Gasteiger partial charge in [0.1, 0.15) is 22.6 Å². The largest absolute Gasteiger partial charge is 0.497 e. The van der Waals surface area contributed by atoms with Gasteiger partial charge in [0.15, 0.2) is 0 Å². The van der Waals surface area contributed by atoms with E-state index in [4.69, 9.17) is 32.7 Å². The maximum absolute atomic E-state index is 8.89. The molecule has 1 rings (SSSR count). The summed E-state index contributed by atoms with van der Waals surface area (Å²) in [6.45, 7) is 0. The lowest BCUT2D eigenvalue weighted by Crippen LogP contribution is -2.09. The summed E-state index contributed by atoms with van der Waals surface area (Å²) in [4.78, 5) is 0.0531. The third-order valence-electron chi connectivity index (χ3n) is 2.12. The minimum Gasteiger partial charge on any atom is -0.497 e. The Morgan fingerprint density at radius 3 is 2.59 bits per heavy atom. The second-order valence-electron chi connectivity index (χ2n) is 3.14. The molecule has 17 heavy (non-hydrogen) atoms. The molecule has 0 amide bonds. The molecule has 1 aromatic rings. The van der Waals surface area contributed by atoms with Crippen LogP contribution in [0.2, 0.25) is 0 Å². The molecule has 88 valence electrons. The third kappa shape index (κ3) is 3.20. The summed E-state index contributed by atoms with van der Waals surface area (Å²) >= 11 is 4.77. The van der Waals surface area contributed by atoms with Crippen LogP contribution in [0.3, 0.4) is 0 Å². The Hall–Kier alpha value is -2.06. The zero-order valence-electron chi connectivity index (χ0n) is 9.56. The lowest BCUT2D eigenvalue weighted by Gasteiger charge is -2.07. The smallest absolute Gasteiger partial charge is 0.126 e. The Morgan fingerprint density at radius 2 is 2.12 bits per heavy atom. The molecule has 2 N–H and O–H groups in total. The van der Waals surface area contributed by atoms with Crippen LogP contribution in [0.4, 0.5) is 0 Å². The van der Waals surface area contributed by atoms with Crippen molar-refractivity contribution in [2.45, 2.75) is 0 Å². The highest BCUT2D eigenvalue weighted by Crippen LogP contribution is 2.26. The fourth-order valence-corrected chi connectivity index (χ4v) is 1.37. The average Bonchev–Trinajstić information content (AvgIpc) is 2.35. The maximum Gasteiger partial charge on any atom is 0.126 e. The van der Waals surface area contributed by atoms with Crippen molar-refractivity contribution in [1.82, 2.24) is 0 Å². The van der Waals surface area contributed by atoms with Gasteiger partial charge in [-0.25, -0.2) is 0 Å². The molecule has 0 bridgehead atoms. The van der Waals surface area contributed by atoms with Crippen molar-refractivity contribution in [1.29, 1.82) is 5.26 Å². The Kier molecular flexibility index (Phi) is 4.49. The summed E-state index contributed by atoms with van der Waals surface area (Å²) in [7, 11) is 3.11. The topological polar surface area (TPSA) is 68.3 Å². The molecule has 0 atom stereocenters. The van der Waals surface area contributed by atoms with Gasteiger partial charge in [0.2, 0.25) is 0 Å². The van der Waals surface area contributed by atoms with E-state index in [0.717, 1.165) is 0 Å². The van der Waals surface area contributed by atoms with Gasteiger partial charge in [-0.3, -0.25) is 0 Å². The molecule has 0 fully saturated rings. The lowest BCUT2D eigenvalue weighted by atomic mass is 10.1. The van der Waals surface area contributed by atoms with E-state index in [9.17, 15) is 0 Å². The van der Waals surface area contributed by atoms with Crippen molar-refractivity contribution in [3.8, 4) is 17.6 Å². The van der Waals surface area contributed by atoms with Crippen molar-refractivity contribution < 1.29 is 9.47 Å². The van der Waals surface area contributed by atoms with Crippen LogP contribution in [0.25, 0.3) is 6.08 Å². The number of nitrogens with zero attached hydrogens (tertiary/aromatic N) is 1. The average molecular weight is 248 g/mol. The molecule has 0 radical (unpaired) electrons. The van der Waals surface area contributed by atoms with Gasteiger partial charge in [0, 0.05) is 5.56 Å². The van der Waals surface area contributed by atoms with E-state index in [1.54, 1.807) is 38.5 Å². The van der Waals surface area contributed by atoms with Crippen molar-refractivity contribution >= 4 is 23.3 Å². The van der Waals surface area contributed by atoms with Gasteiger partial charge in [-0.2, -0.15) is 5.26 Å². The molecule has 0 heterocycles. The Morgan fingerprint density at radius 1 is 1.41 bits per heavy atom. The van der Waals surface area contributed by atoms with Crippen molar-refractivity contribution in [2.75, 3.05) is 14.2 Å². The Balaban J connectivity index is 3.28. The molecule has 0 aliphatic heterocycles. The van der Waals surface area contributed by atoms with Crippen LogP contribution < -0.4 is 15.2 Å². The number of ether oxygens (including phenoxy) is 2. The molecule has 0 saturated heterocycles. The number of benzene rings is 1. The van der Waals surface area contributed by atoms with Gasteiger partial charge < -0.3 is 15.2 Å². The van der Waals surface area contributed by atoms with Gasteiger partial charge in [0.05, 0.1) is 19.8 Å². The summed E-state index contributed by atoms with van der Waals surface area (Å²) in [6, 6.07) is 7.20. The predicted octanol–water partition coefficient (Wildman–Crippen LogP) is 1.90. The van der Waals surface area contributed by atoms with Crippen LogP contribution in [0.5, 0.6) is 11.5 Å². The molecule has 0 spiro atoms. The fraction of sp³-hybridized carbons (Fsp3) is 0.167. The minimum absolute atomic E-state index is 0.0531. The number of rotatable bonds is 4. The number of methoxy groups -OCH3 is 2. The van der Waals surface area contributed by atoms with Gasteiger partial charge in [-0.05, 0) is 24.3 Å².